The lowest BCUT2D eigenvalue weighted by atomic mass is 9.70. The third-order valence-corrected chi connectivity index (χ3v) is 4.05. The highest BCUT2D eigenvalue weighted by molar-refractivity contribution is 5.96. The van der Waals surface area contributed by atoms with Gasteiger partial charge in [-0.3, -0.25) is 4.79 Å². The number of Topliss-reactive ketones (excluding diaryl/α,β-unsaturated/α-hetero) is 1. The molecule has 0 unspecified atom stereocenters. The van der Waals surface area contributed by atoms with Gasteiger partial charge in [0.1, 0.15) is 0 Å². The average molecular weight is 322 g/mol. The number of ether oxygens (including phenoxy) is 2. The number of rotatable bonds is 4. The normalized spacial score (nSPS) is 24.7. The van der Waals surface area contributed by atoms with E-state index in [1.807, 2.05) is 20.8 Å². The van der Waals surface area contributed by atoms with E-state index in [1.54, 1.807) is 0 Å². The summed E-state index contributed by atoms with van der Waals surface area (Å²) in [4.78, 5) is 36.0. The van der Waals surface area contributed by atoms with E-state index in [-0.39, 0.29) is 28.3 Å². The molecule has 1 aliphatic rings. The third-order valence-electron chi connectivity index (χ3n) is 4.05. The molecule has 1 rings (SSSR count). The second-order valence-corrected chi connectivity index (χ2v) is 7.29. The summed E-state index contributed by atoms with van der Waals surface area (Å²) in [5.74, 6) is -1.52. The van der Waals surface area contributed by atoms with Crippen LogP contribution in [0, 0.1) is 11.3 Å². The zero-order valence-electron chi connectivity index (χ0n) is 14.6. The van der Waals surface area contributed by atoms with Crippen LogP contribution in [-0.4, -0.2) is 29.9 Å². The van der Waals surface area contributed by atoms with Crippen LogP contribution in [-0.2, 0) is 23.9 Å². The molecule has 0 amide bonds. The van der Waals surface area contributed by atoms with Gasteiger partial charge in [-0.15, -0.1) is 0 Å². The molecule has 5 nitrogen and oxygen atoms in total. The second kappa shape index (κ2) is 7.11. The molecule has 0 N–H and O–H groups in total. The molecule has 0 heterocycles. The minimum absolute atomic E-state index is 0.0750. The minimum atomic E-state index is -0.917. The van der Waals surface area contributed by atoms with Gasteiger partial charge in [0.25, 0.3) is 0 Å². The summed E-state index contributed by atoms with van der Waals surface area (Å²) in [7, 11) is 0. The van der Waals surface area contributed by atoms with Crippen LogP contribution in [0.3, 0.4) is 0 Å². The van der Waals surface area contributed by atoms with Gasteiger partial charge in [0.2, 0.25) is 5.78 Å². The van der Waals surface area contributed by atoms with Gasteiger partial charge in [-0.05, 0) is 38.0 Å². The fourth-order valence-electron chi connectivity index (χ4n) is 2.43. The van der Waals surface area contributed by atoms with E-state index < -0.39 is 24.1 Å². The summed E-state index contributed by atoms with van der Waals surface area (Å²) in [6, 6.07) is 0. The monoisotopic (exact) mass is 322 g/mol. The molecule has 3 atom stereocenters. The Balaban J connectivity index is 2.99. The molecule has 0 radical (unpaired) electrons. The summed E-state index contributed by atoms with van der Waals surface area (Å²) in [6.07, 6.45) is -0.995. The Bertz CT molecular complexity index is 498. The average Bonchev–Trinajstić information content (AvgIpc) is 2.41. The van der Waals surface area contributed by atoms with Crippen molar-refractivity contribution in [2.45, 2.75) is 59.7 Å². The molecular weight excluding hydrogens is 296 g/mol. The van der Waals surface area contributed by atoms with Crippen molar-refractivity contribution >= 4 is 17.7 Å². The van der Waals surface area contributed by atoms with Crippen molar-refractivity contribution in [3.8, 4) is 0 Å². The Morgan fingerprint density at radius 3 is 1.57 bits per heavy atom. The number of carbonyl (C=O) groups is 3. The molecular formula is C18H26O5. The number of ketones is 1. The Labute approximate surface area is 137 Å². The molecule has 0 aliphatic heterocycles. The maximum absolute atomic E-state index is 12.5. The summed E-state index contributed by atoms with van der Waals surface area (Å²) >= 11 is 0. The first-order valence-electron chi connectivity index (χ1n) is 7.70. The molecule has 0 spiro atoms. The maximum atomic E-state index is 12.5. The lowest BCUT2D eigenvalue weighted by molar-refractivity contribution is -0.168. The third kappa shape index (κ3) is 5.05. The first-order chi connectivity index (χ1) is 10.4. The summed E-state index contributed by atoms with van der Waals surface area (Å²) in [5.41, 5.74) is 0.347. The first-order valence-corrected chi connectivity index (χ1v) is 7.70. The standard InChI is InChI=1S/C18H26O5/c1-10(2)16(20)22-13-8-12(18(5,6)7)9-14(15(13)19)23-17(21)11(3)4/h12-14H,1,3,8-9H2,2,4-7H3/t12-,13+,14-. The van der Waals surface area contributed by atoms with Gasteiger partial charge in [0.15, 0.2) is 12.2 Å². The lowest BCUT2D eigenvalue weighted by Crippen LogP contribution is -2.47. The van der Waals surface area contributed by atoms with E-state index >= 15 is 0 Å². The SMILES string of the molecule is C=C(C)C(=O)O[C@H]1C[C@@H](C(C)(C)C)C[C@@H](OC(=O)C(=C)C)C1=O. The van der Waals surface area contributed by atoms with Gasteiger partial charge in [-0.1, -0.05) is 33.9 Å². The van der Waals surface area contributed by atoms with Gasteiger partial charge >= 0.3 is 11.9 Å². The highest BCUT2D eigenvalue weighted by Crippen LogP contribution is 2.39. The molecule has 1 fully saturated rings. The molecule has 0 aromatic carbocycles. The van der Waals surface area contributed by atoms with Crippen LogP contribution in [0.4, 0.5) is 0 Å². The molecule has 0 aromatic heterocycles. The molecule has 0 aromatic rings. The fourth-order valence-corrected chi connectivity index (χ4v) is 2.43. The zero-order chi connectivity index (χ0) is 17.9. The molecule has 0 bridgehead atoms. The van der Waals surface area contributed by atoms with E-state index in [0.717, 1.165) is 0 Å². The smallest absolute Gasteiger partial charge is 0.333 e. The lowest BCUT2D eigenvalue weighted by Gasteiger charge is -2.39. The summed E-state index contributed by atoms with van der Waals surface area (Å²) < 4.78 is 10.5. The Kier molecular flexibility index (Phi) is 5.92. The van der Waals surface area contributed by atoms with E-state index in [4.69, 9.17) is 9.47 Å². The number of hydrogen-bond donors (Lipinski definition) is 0. The maximum Gasteiger partial charge on any atom is 0.333 e. The van der Waals surface area contributed by atoms with Crippen LogP contribution in [0.25, 0.3) is 0 Å². The number of esters is 2. The quantitative estimate of drug-likeness (QED) is 0.588. The van der Waals surface area contributed by atoms with Crippen molar-refractivity contribution in [2.75, 3.05) is 0 Å². The fraction of sp³-hybridized carbons (Fsp3) is 0.611. The Morgan fingerprint density at radius 2 is 1.30 bits per heavy atom. The van der Waals surface area contributed by atoms with Gasteiger partial charge in [0, 0.05) is 11.1 Å². The first kappa shape index (κ1) is 19.1. The zero-order valence-corrected chi connectivity index (χ0v) is 14.6. The predicted octanol–water partition coefficient (Wildman–Crippen LogP) is 2.99. The van der Waals surface area contributed by atoms with Crippen molar-refractivity contribution in [1.29, 1.82) is 0 Å². The van der Waals surface area contributed by atoms with E-state index in [9.17, 15) is 14.4 Å². The van der Waals surface area contributed by atoms with Crippen LogP contribution >= 0.6 is 0 Å². The predicted molar refractivity (Wildman–Crippen MR) is 86.6 cm³/mol. The van der Waals surface area contributed by atoms with Gasteiger partial charge in [-0.2, -0.15) is 0 Å². The van der Waals surface area contributed by atoms with E-state index in [2.05, 4.69) is 13.2 Å². The highest BCUT2D eigenvalue weighted by Gasteiger charge is 2.44. The van der Waals surface area contributed by atoms with Crippen molar-refractivity contribution in [1.82, 2.24) is 0 Å². The van der Waals surface area contributed by atoms with E-state index in [1.165, 1.54) is 13.8 Å². The molecule has 128 valence electrons. The van der Waals surface area contributed by atoms with Crippen LogP contribution < -0.4 is 0 Å². The molecule has 0 saturated heterocycles. The van der Waals surface area contributed by atoms with Crippen molar-refractivity contribution in [3.05, 3.63) is 24.3 Å². The van der Waals surface area contributed by atoms with Gasteiger partial charge < -0.3 is 9.47 Å². The topological polar surface area (TPSA) is 69.7 Å². The molecule has 1 aliphatic carbocycles. The van der Waals surface area contributed by atoms with Crippen LogP contribution in [0.5, 0.6) is 0 Å². The van der Waals surface area contributed by atoms with Crippen molar-refractivity contribution in [2.24, 2.45) is 11.3 Å². The highest BCUT2D eigenvalue weighted by atomic mass is 16.6. The second-order valence-electron chi connectivity index (χ2n) is 7.29. The van der Waals surface area contributed by atoms with E-state index in [0.29, 0.717) is 12.8 Å². The van der Waals surface area contributed by atoms with Gasteiger partial charge in [0.05, 0.1) is 0 Å². The summed E-state index contributed by atoms with van der Waals surface area (Å²) in [6.45, 7) is 16.2. The van der Waals surface area contributed by atoms with Crippen LogP contribution in [0.1, 0.15) is 47.5 Å². The minimum Gasteiger partial charge on any atom is -0.451 e. The number of carbonyl (C=O) groups excluding carboxylic acids is 3. The van der Waals surface area contributed by atoms with Crippen molar-refractivity contribution in [3.63, 3.8) is 0 Å². The Morgan fingerprint density at radius 1 is 0.957 bits per heavy atom. The molecule has 5 heteroatoms. The van der Waals surface area contributed by atoms with Crippen molar-refractivity contribution < 1.29 is 23.9 Å². The Hall–Kier alpha value is -1.91. The van der Waals surface area contributed by atoms with Gasteiger partial charge in [-0.25, -0.2) is 9.59 Å². The molecule has 23 heavy (non-hydrogen) atoms. The summed E-state index contributed by atoms with van der Waals surface area (Å²) in [5, 5.41) is 0. The largest absolute Gasteiger partial charge is 0.451 e. The molecule has 1 saturated carbocycles. The number of hydrogen-bond acceptors (Lipinski definition) is 5. The van der Waals surface area contributed by atoms with Crippen LogP contribution in [0.15, 0.2) is 24.3 Å². The van der Waals surface area contributed by atoms with Crippen LogP contribution in [0.2, 0.25) is 0 Å².